The van der Waals surface area contributed by atoms with E-state index in [0.717, 1.165) is 30.4 Å². The van der Waals surface area contributed by atoms with E-state index in [4.69, 9.17) is 11.5 Å². The van der Waals surface area contributed by atoms with E-state index in [1.807, 2.05) is 24.3 Å². The van der Waals surface area contributed by atoms with Crippen molar-refractivity contribution < 1.29 is 4.79 Å². The molecule has 2 aromatic carbocycles. The Kier molecular flexibility index (Phi) is 3.46. The Labute approximate surface area is 139 Å². The van der Waals surface area contributed by atoms with E-state index >= 15 is 0 Å². The average molecular weight is 321 g/mol. The van der Waals surface area contributed by atoms with E-state index < -0.39 is 5.91 Å². The number of hydrogen-bond acceptors (Lipinski definition) is 2. The van der Waals surface area contributed by atoms with Crippen LogP contribution >= 0.6 is 0 Å². The number of amides is 1. The zero-order valence-electron chi connectivity index (χ0n) is 13.2. The topological polar surface area (TPSA) is 98.4 Å². The van der Waals surface area contributed by atoms with Gasteiger partial charge in [0.25, 0.3) is 5.91 Å². The van der Waals surface area contributed by atoms with Crippen molar-refractivity contribution in [2.75, 3.05) is 13.1 Å². The summed E-state index contributed by atoms with van der Waals surface area (Å²) in [5.74, 6) is -0.640. The number of guanidine groups is 1. The van der Waals surface area contributed by atoms with Gasteiger partial charge in [-0.15, -0.1) is 0 Å². The van der Waals surface area contributed by atoms with E-state index in [-0.39, 0.29) is 5.96 Å². The third kappa shape index (κ3) is 2.32. The number of rotatable bonds is 2. The number of aliphatic imine (C=N–C) groups is 1. The van der Waals surface area contributed by atoms with Gasteiger partial charge in [0, 0.05) is 34.4 Å². The average Bonchev–Trinajstić information content (AvgIpc) is 3.18. The van der Waals surface area contributed by atoms with Gasteiger partial charge in [0.15, 0.2) is 5.96 Å². The summed E-state index contributed by atoms with van der Waals surface area (Å²) in [5, 5.41) is 5.74. The lowest BCUT2D eigenvalue weighted by molar-refractivity contribution is 0.100. The largest absolute Gasteiger partial charge is 0.370 e. The second-order valence-electron chi connectivity index (χ2n) is 6.11. The molecular weight excluding hydrogens is 302 g/mol. The Hall–Kier alpha value is -2.86. The van der Waals surface area contributed by atoms with Crippen LogP contribution in [0.4, 0.5) is 0 Å². The number of hydrogen-bond donors (Lipinski definition) is 3. The van der Waals surface area contributed by atoms with E-state index in [2.05, 4.69) is 27.0 Å². The third-order valence-corrected chi connectivity index (χ3v) is 4.59. The van der Waals surface area contributed by atoms with Crippen LogP contribution < -0.4 is 16.8 Å². The molecule has 0 bridgehead atoms. The Balaban J connectivity index is 1.97. The number of carbonyl (C=O) groups excluding carboxylic acids is 1. The minimum Gasteiger partial charge on any atom is -0.370 e. The lowest BCUT2D eigenvalue weighted by Gasteiger charge is -2.15. The number of para-hydroxylation sites is 1. The fourth-order valence-electron chi connectivity index (χ4n) is 3.57. The van der Waals surface area contributed by atoms with E-state index in [9.17, 15) is 4.79 Å². The predicted octanol–water partition coefficient (Wildman–Crippen LogP) is 1.74. The van der Waals surface area contributed by atoms with Crippen LogP contribution in [0.3, 0.4) is 0 Å². The first kappa shape index (κ1) is 14.7. The quantitative estimate of drug-likeness (QED) is 0.494. The monoisotopic (exact) mass is 321 g/mol. The van der Waals surface area contributed by atoms with Gasteiger partial charge in [-0.2, -0.15) is 4.99 Å². The highest BCUT2D eigenvalue weighted by Crippen LogP contribution is 2.34. The highest BCUT2D eigenvalue weighted by atomic mass is 16.1. The van der Waals surface area contributed by atoms with Crippen molar-refractivity contribution in [1.29, 1.82) is 0 Å². The van der Waals surface area contributed by atoms with Crippen molar-refractivity contribution in [3.05, 3.63) is 48.0 Å². The maximum Gasteiger partial charge on any atom is 0.280 e. The molecule has 4 rings (SSSR count). The van der Waals surface area contributed by atoms with Gasteiger partial charge in [-0.1, -0.05) is 24.3 Å². The summed E-state index contributed by atoms with van der Waals surface area (Å²) in [5.41, 5.74) is 13.4. The van der Waals surface area contributed by atoms with Crippen LogP contribution in [-0.4, -0.2) is 29.5 Å². The van der Waals surface area contributed by atoms with Gasteiger partial charge in [-0.25, -0.2) is 0 Å². The number of aromatic nitrogens is 1. The number of nitrogens with one attached hydrogen (secondary N) is 1. The second kappa shape index (κ2) is 5.65. The number of fused-ring (bicyclic) bond motifs is 3. The molecule has 2 heterocycles. The van der Waals surface area contributed by atoms with Crippen molar-refractivity contribution in [1.82, 2.24) is 9.88 Å². The SMILES string of the molecule is NC(N)=NC(=O)c1ccc2c3ccccc3n([C@@H]3CCNC3)c2c1. The van der Waals surface area contributed by atoms with Crippen molar-refractivity contribution in [3.8, 4) is 0 Å². The normalized spacial score (nSPS) is 17.4. The number of carbonyl (C=O) groups is 1. The molecule has 1 atom stereocenters. The highest BCUT2D eigenvalue weighted by molar-refractivity contribution is 6.11. The molecule has 1 amide bonds. The van der Waals surface area contributed by atoms with Crippen LogP contribution in [-0.2, 0) is 0 Å². The smallest absolute Gasteiger partial charge is 0.280 e. The van der Waals surface area contributed by atoms with Gasteiger partial charge < -0.3 is 21.4 Å². The molecule has 0 unspecified atom stereocenters. The minimum atomic E-state index is -0.418. The first-order chi connectivity index (χ1) is 11.6. The van der Waals surface area contributed by atoms with Gasteiger partial charge in [0.1, 0.15) is 0 Å². The molecule has 1 aromatic heterocycles. The van der Waals surface area contributed by atoms with Gasteiger partial charge in [0.05, 0.1) is 5.52 Å². The molecule has 0 radical (unpaired) electrons. The van der Waals surface area contributed by atoms with Crippen LogP contribution in [0.2, 0.25) is 0 Å². The van der Waals surface area contributed by atoms with Crippen LogP contribution in [0, 0.1) is 0 Å². The molecule has 1 aliphatic heterocycles. The summed E-state index contributed by atoms with van der Waals surface area (Å²) < 4.78 is 2.33. The van der Waals surface area contributed by atoms with Crippen LogP contribution in [0.25, 0.3) is 21.8 Å². The zero-order chi connectivity index (χ0) is 16.7. The van der Waals surface area contributed by atoms with E-state index in [1.165, 1.54) is 10.9 Å². The maximum atomic E-state index is 12.2. The molecule has 1 fully saturated rings. The molecule has 3 aromatic rings. The fraction of sp³-hybridized carbons (Fsp3) is 0.222. The molecule has 24 heavy (non-hydrogen) atoms. The molecular formula is C18H19N5O. The Morgan fingerprint density at radius 1 is 1.12 bits per heavy atom. The van der Waals surface area contributed by atoms with E-state index in [0.29, 0.717) is 11.6 Å². The summed E-state index contributed by atoms with van der Waals surface area (Å²) in [6, 6.07) is 14.4. The lowest BCUT2D eigenvalue weighted by Crippen LogP contribution is -2.24. The van der Waals surface area contributed by atoms with Gasteiger partial charge >= 0.3 is 0 Å². The maximum absolute atomic E-state index is 12.2. The number of nitrogens with zero attached hydrogens (tertiary/aromatic N) is 2. The van der Waals surface area contributed by atoms with Crippen LogP contribution in [0.1, 0.15) is 22.8 Å². The summed E-state index contributed by atoms with van der Waals surface area (Å²) in [7, 11) is 0. The molecule has 0 spiro atoms. The number of benzene rings is 2. The molecule has 1 saturated heterocycles. The van der Waals surface area contributed by atoms with Crippen LogP contribution in [0.5, 0.6) is 0 Å². The fourth-order valence-corrected chi connectivity index (χ4v) is 3.57. The standard InChI is InChI=1S/C18H19N5O/c19-18(20)22-17(24)11-5-6-14-13-3-1-2-4-15(13)23(16(14)9-11)12-7-8-21-10-12/h1-6,9,12,21H,7-8,10H2,(H4,19,20,22,24)/t12-/m1/s1. The second-order valence-corrected chi connectivity index (χ2v) is 6.11. The minimum absolute atomic E-state index is 0.222. The summed E-state index contributed by atoms with van der Waals surface area (Å²) in [6.07, 6.45) is 1.07. The van der Waals surface area contributed by atoms with Gasteiger partial charge in [-0.3, -0.25) is 4.79 Å². The molecule has 0 saturated carbocycles. The first-order valence-electron chi connectivity index (χ1n) is 8.02. The molecule has 0 aliphatic carbocycles. The molecule has 6 heteroatoms. The van der Waals surface area contributed by atoms with Crippen molar-refractivity contribution in [2.45, 2.75) is 12.5 Å². The highest BCUT2D eigenvalue weighted by Gasteiger charge is 2.22. The van der Waals surface area contributed by atoms with Crippen molar-refractivity contribution in [2.24, 2.45) is 16.5 Å². The first-order valence-corrected chi connectivity index (χ1v) is 8.02. The van der Waals surface area contributed by atoms with Crippen molar-refractivity contribution >= 4 is 33.7 Å². The third-order valence-electron chi connectivity index (χ3n) is 4.59. The Bertz CT molecular complexity index is 962. The summed E-state index contributed by atoms with van der Waals surface area (Å²) in [4.78, 5) is 15.8. The van der Waals surface area contributed by atoms with E-state index in [1.54, 1.807) is 6.07 Å². The summed E-state index contributed by atoms with van der Waals surface area (Å²) in [6.45, 7) is 1.94. The lowest BCUT2D eigenvalue weighted by atomic mass is 10.1. The molecule has 1 aliphatic rings. The zero-order valence-corrected chi connectivity index (χ0v) is 13.2. The predicted molar refractivity (Wildman–Crippen MR) is 96.1 cm³/mol. The van der Waals surface area contributed by atoms with Gasteiger partial charge in [0.2, 0.25) is 0 Å². The van der Waals surface area contributed by atoms with Crippen molar-refractivity contribution in [3.63, 3.8) is 0 Å². The number of nitrogens with two attached hydrogens (primary N) is 2. The molecule has 6 nitrogen and oxygen atoms in total. The summed E-state index contributed by atoms with van der Waals surface area (Å²) >= 11 is 0. The Morgan fingerprint density at radius 2 is 1.92 bits per heavy atom. The Morgan fingerprint density at radius 3 is 2.67 bits per heavy atom. The van der Waals surface area contributed by atoms with Gasteiger partial charge in [-0.05, 0) is 31.2 Å². The molecule has 122 valence electrons. The molecule has 5 N–H and O–H groups in total. The van der Waals surface area contributed by atoms with Crippen LogP contribution in [0.15, 0.2) is 47.5 Å².